The van der Waals surface area contributed by atoms with E-state index in [4.69, 9.17) is 0 Å². The van der Waals surface area contributed by atoms with Crippen LogP contribution in [0.3, 0.4) is 0 Å². The highest BCUT2D eigenvalue weighted by Crippen LogP contribution is 2.32. The number of carbonyl (C=O) groups excluding carboxylic acids is 1. The molecule has 1 aromatic rings. The fourth-order valence-electron chi connectivity index (χ4n) is 2.40. The van der Waals surface area contributed by atoms with Crippen LogP contribution < -0.4 is 0 Å². The van der Waals surface area contributed by atoms with Gasteiger partial charge in [-0.25, -0.2) is 4.99 Å². The molecule has 0 fully saturated rings. The lowest BCUT2D eigenvalue weighted by molar-refractivity contribution is -0.112. The van der Waals surface area contributed by atoms with Gasteiger partial charge in [0.1, 0.15) is 0 Å². The molecule has 1 aliphatic carbocycles. The van der Waals surface area contributed by atoms with Crippen molar-refractivity contribution in [2.45, 2.75) is 20.3 Å². The van der Waals surface area contributed by atoms with Gasteiger partial charge in [0, 0.05) is 12.0 Å². The number of allylic oxidation sites excluding steroid dienone is 4. The molecule has 17 heavy (non-hydrogen) atoms. The second-order valence-electron chi connectivity index (χ2n) is 4.56. The van der Waals surface area contributed by atoms with E-state index in [-0.39, 0.29) is 5.78 Å². The Kier molecular flexibility index (Phi) is 2.11. The Balaban J connectivity index is 2.22. The number of fused-ring (bicyclic) bond motifs is 2. The molecule has 0 spiro atoms. The predicted molar refractivity (Wildman–Crippen MR) is 68.7 cm³/mol. The van der Waals surface area contributed by atoms with Crippen molar-refractivity contribution in [3.05, 3.63) is 52.6 Å². The summed E-state index contributed by atoms with van der Waals surface area (Å²) >= 11 is 0. The number of Topliss-reactive ketones (excluding diaryl/α,β-unsaturated/α-hetero) is 1. The number of aliphatic imine (C=N–C) groups is 1. The third-order valence-electron chi connectivity index (χ3n) is 3.41. The van der Waals surface area contributed by atoms with E-state index in [2.05, 4.69) is 11.1 Å². The zero-order valence-corrected chi connectivity index (χ0v) is 9.95. The van der Waals surface area contributed by atoms with Crippen molar-refractivity contribution in [2.75, 3.05) is 0 Å². The van der Waals surface area contributed by atoms with E-state index in [1.54, 1.807) is 0 Å². The van der Waals surface area contributed by atoms with Crippen LogP contribution in [0.4, 0.5) is 5.69 Å². The Hall–Kier alpha value is -1.96. The first-order valence-electron chi connectivity index (χ1n) is 5.76. The monoisotopic (exact) mass is 223 g/mol. The fraction of sp³-hybridized carbons (Fsp3) is 0.200. The van der Waals surface area contributed by atoms with Crippen LogP contribution in [0.1, 0.15) is 19.4 Å². The first-order valence-corrected chi connectivity index (χ1v) is 5.76. The third-order valence-corrected chi connectivity index (χ3v) is 3.41. The SMILES string of the molecule is CC1=CC2=Nc3ccccc3CC2=C(C)C1=O. The molecule has 3 rings (SSSR count). The van der Waals surface area contributed by atoms with Crippen molar-refractivity contribution < 1.29 is 4.79 Å². The zero-order valence-electron chi connectivity index (χ0n) is 9.95. The average Bonchev–Trinajstić information content (AvgIpc) is 2.34. The molecule has 0 amide bonds. The molecule has 0 N–H and O–H groups in total. The number of carbonyl (C=O) groups is 1. The Labute approximate surface area is 100 Å². The maximum Gasteiger partial charge on any atom is 0.184 e. The summed E-state index contributed by atoms with van der Waals surface area (Å²) in [5.41, 5.74) is 5.89. The minimum Gasteiger partial charge on any atom is -0.289 e. The van der Waals surface area contributed by atoms with E-state index in [1.807, 2.05) is 38.1 Å². The van der Waals surface area contributed by atoms with Gasteiger partial charge in [-0.2, -0.15) is 0 Å². The van der Waals surface area contributed by atoms with Crippen LogP contribution in [0.25, 0.3) is 0 Å². The van der Waals surface area contributed by atoms with Gasteiger partial charge in [-0.05, 0) is 42.7 Å². The Morgan fingerprint density at radius 2 is 1.94 bits per heavy atom. The lowest BCUT2D eigenvalue weighted by Crippen LogP contribution is -2.20. The molecule has 2 heteroatoms. The second-order valence-corrected chi connectivity index (χ2v) is 4.56. The van der Waals surface area contributed by atoms with Crippen molar-refractivity contribution in [1.29, 1.82) is 0 Å². The molecule has 1 aromatic carbocycles. The molecule has 0 saturated carbocycles. The first-order chi connectivity index (χ1) is 8.16. The Morgan fingerprint density at radius 1 is 1.18 bits per heavy atom. The third kappa shape index (κ3) is 1.48. The van der Waals surface area contributed by atoms with Crippen LogP contribution in [-0.2, 0) is 11.2 Å². The van der Waals surface area contributed by atoms with E-state index in [0.717, 1.165) is 34.5 Å². The fourth-order valence-corrected chi connectivity index (χ4v) is 2.40. The van der Waals surface area contributed by atoms with Crippen molar-refractivity contribution in [2.24, 2.45) is 4.99 Å². The van der Waals surface area contributed by atoms with Gasteiger partial charge in [-0.3, -0.25) is 4.79 Å². The average molecular weight is 223 g/mol. The smallest absolute Gasteiger partial charge is 0.184 e. The van der Waals surface area contributed by atoms with Gasteiger partial charge in [-0.1, -0.05) is 18.2 Å². The molecule has 0 aromatic heterocycles. The lowest BCUT2D eigenvalue weighted by atomic mass is 9.85. The van der Waals surface area contributed by atoms with Crippen molar-refractivity contribution in [3.63, 3.8) is 0 Å². The highest BCUT2D eigenvalue weighted by atomic mass is 16.1. The van der Waals surface area contributed by atoms with Gasteiger partial charge >= 0.3 is 0 Å². The minimum atomic E-state index is 0.151. The standard InChI is InChI=1S/C15H13NO/c1-9-7-14-12(10(2)15(9)17)8-11-5-3-4-6-13(11)16-14/h3-7H,8H2,1-2H3. The van der Waals surface area contributed by atoms with E-state index in [9.17, 15) is 4.79 Å². The molecule has 84 valence electrons. The Bertz CT molecular complexity index is 618. The van der Waals surface area contributed by atoms with E-state index < -0.39 is 0 Å². The highest BCUT2D eigenvalue weighted by molar-refractivity contribution is 6.25. The van der Waals surface area contributed by atoms with E-state index in [0.29, 0.717) is 0 Å². The number of benzene rings is 1. The molecule has 0 bridgehead atoms. The van der Waals surface area contributed by atoms with Gasteiger partial charge < -0.3 is 0 Å². The summed E-state index contributed by atoms with van der Waals surface area (Å²) in [7, 11) is 0. The van der Waals surface area contributed by atoms with E-state index >= 15 is 0 Å². The number of hydrogen-bond donors (Lipinski definition) is 0. The second kappa shape index (κ2) is 3.52. The van der Waals surface area contributed by atoms with Gasteiger partial charge in [-0.15, -0.1) is 0 Å². The molecule has 0 saturated heterocycles. The molecular formula is C15H13NO. The molecule has 0 atom stereocenters. The maximum atomic E-state index is 11.9. The van der Waals surface area contributed by atoms with Gasteiger partial charge in [0.2, 0.25) is 0 Å². The molecule has 0 radical (unpaired) electrons. The summed E-state index contributed by atoms with van der Waals surface area (Å²) in [6.07, 6.45) is 2.72. The topological polar surface area (TPSA) is 29.4 Å². The molecule has 0 unspecified atom stereocenters. The largest absolute Gasteiger partial charge is 0.289 e. The summed E-state index contributed by atoms with van der Waals surface area (Å²) in [6.45, 7) is 3.75. The van der Waals surface area contributed by atoms with Crippen LogP contribution in [-0.4, -0.2) is 11.5 Å². The minimum absolute atomic E-state index is 0.151. The summed E-state index contributed by atoms with van der Waals surface area (Å²) < 4.78 is 0. The van der Waals surface area contributed by atoms with Crippen molar-refractivity contribution >= 4 is 17.2 Å². The molecular weight excluding hydrogens is 210 g/mol. The molecule has 2 aliphatic rings. The number of nitrogens with zero attached hydrogens (tertiary/aromatic N) is 1. The van der Waals surface area contributed by atoms with Crippen LogP contribution in [0, 0.1) is 0 Å². The van der Waals surface area contributed by atoms with E-state index in [1.165, 1.54) is 5.56 Å². The predicted octanol–water partition coefficient (Wildman–Crippen LogP) is 3.16. The summed E-state index contributed by atoms with van der Waals surface area (Å²) in [5, 5.41) is 0. The lowest BCUT2D eigenvalue weighted by Gasteiger charge is -2.22. The maximum absolute atomic E-state index is 11.9. The quantitative estimate of drug-likeness (QED) is 0.621. The summed E-state index contributed by atoms with van der Waals surface area (Å²) in [4.78, 5) is 16.5. The summed E-state index contributed by atoms with van der Waals surface area (Å²) in [6, 6.07) is 8.11. The zero-order chi connectivity index (χ0) is 12.0. The number of hydrogen-bond acceptors (Lipinski definition) is 2. The molecule has 2 nitrogen and oxygen atoms in total. The van der Waals surface area contributed by atoms with Crippen molar-refractivity contribution in [1.82, 2.24) is 0 Å². The van der Waals surface area contributed by atoms with Gasteiger partial charge in [0.25, 0.3) is 0 Å². The number of para-hydroxylation sites is 1. The van der Waals surface area contributed by atoms with Crippen LogP contribution >= 0.6 is 0 Å². The van der Waals surface area contributed by atoms with Gasteiger partial charge in [0.05, 0.1) is 11.4 Å². The number of ketones is 1. The molecule has 1 aliphatic heterocycles. The van der Waals surface area contributed by atoms with Crippen LogP contribution in [0.5, 0.6) is 0 Å². The summed E-state index contributed by atoms with van der Waals surface area (Å²) in [5.74, 6) is 0.151. The first kappa shape index (κ1) is 10.2. The molecule has 1 heterocycles. The van der Waals surface area contributed by atoms with Crippen LogP contribution in [0.2, 0.25) is 0 Å². The van der Waals surface area contributed by atoms with Crippen molar-refractivity contribution in [3.8, 4) is 0 Å². The Morgan fingerprint density at radius 3 is 2.76 bits per heavy atom. The highest BCUT2D eigenvalue weighted by Gasteiger charge is 2.25. The number of rotatable bonds is 0. The van der Waals surface area contributed by atoms with Crippen LogP contribution in [0.15, 0.2) is 52.1 Å². The van der Waals surface area contributed by atoms with Gasteiger partial charge in [0.15, 0.2) is 5.78 Å². The normalized spacial score (nSPS) is 18.4.